The molecule has 7 heteroatoms. The highest BCUT2D eigenvalue weighted by atomic mass is 79.9. The molecule has 0 unspecified atom stereocenters. The number of hydrogen-bond donors (Lipinski definition) is 2. The van der Waals surface area contributed by atoms with Crippen molar-refractivity contribution in [2.75, 3.05) is 41.7 Å². The second kappa shape index (κ2) is 12.5. The smallest absolute Gasteiger partial charge is 0.323 e. The van der Waals surface area contributed by atoms with Crippen LogP contribution in [0.4, 0.5) is 21.9 Å². The van der Waals surface area contributed by atoms with E-state index in [4.69, 9.17) is 0 Å². The van der Waals surface area contributed by atoms with Crippen molar-refractivity contribution < 1.29 is 9.59 Å². The topological polar surface area (TPSA) is 64.7 Å². The average molecular weight is 501 g/mol. The van der Waals surface area contributed by atoms with Gasteiger partial charge in [-0.05, 0) is 48.9 Å². The summed E-state index contributed by atoms with van der Waals surface area (Å²) in [5.74, 6) is 0.289. The highest BCUT2D eigenvalue weighted by molar-refractivity contribution is 9.10. The molecule has 0 aliphatic carbocycles. The van der Waals surface area contributed by atoms with E-state index in [9.17, 15) is 9.59 Å². The molecule has 172 valence electrons. The Kier molecular flexibility index (Phi) is 9.41. The number of urea groups is 1. The van der Waals surface area contributed by atoms with Gasteiger partial charge < -0.3 is 20.4 Å². The van der Waals surface area contributed by atoms with Gasteiger partial charge in [0, 0.05) is 54.1 Å². The molecule has 1 heterocycles. The number of carbonyl (C=O) groups is 2. The highest BCUT2D eigenvalue weighted by Crippen LogP contribution is 2.21. The molecule has 0 aromatic heterocycles. The lowest BCUT2D eigenvalue weighted by atomic mass is 10.1. The summed E-state index contributed by atoms with van der Waals surface area (Å²) in [7, 11) is 0. The molecule has 2 N–H and O–H groups in total. The van der Waals surface area contributed by atoms with Gasteiger partial charge >= 0.3 is 6.03 Å². The summed E-state index contributed by atoms with van der Waals surface area (Å²) in [6.07, 6.45) is 6.55. The van der Waals surface area contributed by atoms with Gasteiger partial charge in [0.15, 0.2) is 0 Å². The fourth-order valence-electron chi connectivity index (χ4n) is 3.87. The van der Waals surface area contributed by atoms with Crippen LogP contribution in [0.3, 0.4) is 0 Å². The Balaban J connectivity index is 1.41. The first-order valence-electron chi connectivity index (χ1n) is 11.5. The Hall–Kier alpha value is -2.54. The Labute approximate surface area is 199 Å². The lowest BCUT2D eigenvalue weighted by Gasteiger charge is -2.36. The normalized spacial score (nSPS) is 13.7. The number of carbonyl (C=O) groups excluding carboxylic acids is 2. The maximum Gasteiger partial charge on any atom is 0.323 e. The Morgan fingerprint density at radius 2 is 1.56 bits per heavy atom. The molecule has 0 radical (unpaired) electrons. The van der Waals surface area contributed by atoms with Crippen molar-refractivity contribution in [3.63, 3.8) is 0 Å². The molecular formula is C25H33BrN4O2. The van der Waals surface area contributed by atoms with Gasteiger partial charge in [-0.3, -0.25) is 4.79 Å². The van der Waals surface area contributed by atoms with Gasteiger partial charge in [0.2, 0.25) is 5.91 Å². The average Bonchev–Trinajstić information content (AvgIpc) is 2.79. The van der Waals surface area contributed by atoms with Crippen molar-refractivity contribution in [3.05, 3.63) is 53.0 Å². The first kappa shape index (κ1) is 24.1. The number of piperazine rings is 1. The van der Waals surface area contributed by atoms with E-state index in [0.717, 1.165) is 60.6 Å². The molecule has 1 fully saturated rings. The molecule has 0 bridgehead atoms. The van der Waals surface area contributed by atoms with Gasteiger partial charge in [-0.25, -0.2) is 4.79 Å². The molecule has 3 rings (SSSR count). The third-order valence-corrected chi connectivity index (χ3v) is 6.19. The molecule has 1 aliphatic rings. The second-order valence-corrected chi connectivity index (χ2v) is 9.08. The second-order valence-electron chi connectivity index (χ2n) is 8.17. The van der Waals surface area contributed by atoms with Gasteiger partial charge in [-0.1, -0.05) is 54.6 Å². The van der Waals surface area contributed by atoms with Crippen molar-refractivity contribution in [2.24, 2.45) is 0 Å². The van der Waals surface area contributed by atoms with Crippen LogP contribution in [0.25, 0.3) is 0 Å². The standard InChI is InChI=1S/C25H33BrN4O2/c1-2-3-4-5-6-10-24(31)30-17-15-29(16-18-30)23-13-11-21(12-14-23)27-25(32)28-22-9-7-8-20(26)19-22/h7-9,11-14,19H,2-6,10,15-18H2,1H3,(H2,27,28,32). The third-order valence-electron chi connectivity index (χ3n) is 5.70. The number of benzene rings is 2. The van der Waals surface area contributed by atoms with E-state index < -0.39 is 0 Å². The van der Waals surface area contributed by atoms with E-state index >= 15 is 0 Å². The van der Waals surface area contributed by atoms with Crippen LogP contribution < -0.4 is 15.5 Å². The zero-order valence-electron chi connectivity index (χ0n) is 18.8. The summed E-state index contributed by atoms with van der Waals surface area (Å²) >= 11 is 3.40. The van der Waals surface area contributed by atoms with E-state index in [1.54, 1.807) is 0 Å². The van der Waals surface area contributed by atoms with Crippen LogP contribution in [0.1, 0.15) is 45.4 Å². The van der Waals surface area contributed by atoms with E-state index in [1.165, 1.54) is 19.3 Å². The first-order chi connectivity index (χ1) is 15.5. The Morgan fingerprint density at radius 3 is 2.25 bits per heavy atom. The van der Waals surface area contributed by atoms with E-state index in [-0.39, 0.29) is 11.9 Å². The molecule has 1 aliphatic heterocycles. The summed E-state index contributed by atoms with van der Waals surface area (Å²) in [6, 6.07) is 15.0. The highest BCUT2D eigenvalue weighted by Gasteiger charge is 2.20. The zero-order valence-corrected chi connectivity index (χ0v) is 20.4. The summed E-state index contributed by atoms with van der Waals surface area (Å²) < 4.78 is 0.911. The molecule has 0 saturated carbocycles. The third kappa shape index (κ3) is 7.55. The quantitative estimate of drug-likeness (QED) is 0.408. The molecule has 0 atom stereocenters. The zero-order chi connectivity index (χ0) is 22.8. The van der Waals surface area contributed by atoms with Crippen LogP contribution in [0, 0.1) is 0 Å². The van der Waals surface area contributed by atoms with E-state index in [0.29, 0.717) is 6.42 Å². The first-order valence-corrected chi connectivity index (χ1v) is 12.3. The number of anilines is 3. The van der Waals surface area contributed by atoms with Gasteiger partial charge in [-0.15, -0.1) is 0 Å². The fraction of sp³-hybridized carbons (Fsp3) is 0.440. The van der Waals surface area contributed by atoms with Crippen LogP contribution in [0.15, 0.2) is 53.0 Å². The Bertz CT molecular complexity index is 880. The molecule has 2 aromatic rings. The number of halogens is 1. The van der Waals surface area contributed by atoms with Crippen molar-refractivity contribution in [2.45, 2.75) is 45.4 Å². The molecule has 2 aromatic carbocycles. The number of amides is 3. The Morgan fingerprint density at radius 1 is 0.875 bits per heavy atom. The largest absolute Gasteiger partial charge is 0.368 e. The van der Waals surface area contributed by atoms with Gasteiger partial charge in [-0.2, -0.15) is 0 Å². The summed E-state index contributed by atoms with van der Waals surface area (Å²) in [6.45, 7) is 5.40. The SMILES string of the molecule is CCCCCCCC(=O)N1CCN(c2ccc(NC(=O)Nc3cccc(Br)c3)cc2)CC1. The monoisotopic (exact) mass is 500 g/mol. The van der Waals surface area contributed by atoms with Crippen molar-refractivity contribution in [1.82, 2.24) is 4.90 Å². The number of nitrogens with one attached hydrogen (secondary N) is 2. The molecule has 3 amide bonds. The van der Waals surface area contributed by atoms with Crippen LogP contribution >= 0.6 is 15.9 Å². The van der Waals surface area contributed by atoms with Gasteiger partial charge in [0.1, 0.15) is 0 Å². The molecule has 0 spiro atoms. The molecule has 6 nitrogen and oxygen atoms in total. The predicted molar refractivity (Wildman–Crippen MR) is 135 cm³/mol. The van der Waals surface area contributed by atoms with Gasteiger partial charge in [0.25, 0.3) is 0 Å². The minimum Gasteiger partial charge on any atom is -0.368 e. The maximum absolute atomic E-state index is 12.4. The maximum atomic E-state index is 12.4. The van der Waals surface area contributed by atoms with Crippen LogP contribution in [-0.4, -0.2) is 43.0 Å². The summed E-state index contributed by atoms with van der Waals surface area (Å²) in [4.78, 5) is 28.9. The van der Waals surface area contributed by atoms with Crippen LogP contribution in [-0.2, 0) is 4.79 Å². The number of rotatable bonds is 9. The van der Waals surface area contributed by atoms with Crippen LogP contribution in [0.5, 0.6) is 0 Å². The summed E-state index contributed by atoms with van der Waals surface area (Å²) in [5.41, 5.74) is 2.56. The predicted octanol–water partition coefficient (Wildman–Crippen LogP) is 6.10. The number of unbranched alkanes of at least 4 members (excludes halogenated alkanes) is 4. The molecule has 1 saturated heterocycles. The van der Waals surface area contributed by atoms with E-state index in [2.05, 4.69) is 38.4 Å². The van der Waals surface area contributed by atoms with E-state index in [1.807, 2.05) is 53.4 Å². The molecular weight excluding hydrogens is 468 g/mol. The minimum absolute atomic E-state index is 0.280. The fourth-order valence-corrected chi connectivity index (χ4v) is 4.27. The van der Waals surface area contributed by atoms with Crippen molar-refractivity contribution in [3.8, 4) is 0 Å². The number of hydrogen-bond acceptors (Lipinski definition) is 3. The van der Waals surface area contributed by atoms with Crippen molar-refractivity contribution in [1.29, 1.82) is 0 Å². The van der Waals surface area contributed by atoms with Crippen LogP contribution in [0.2, 0.25) is 0 Å². The minimum atomic E-state index is -0.280. The summed E-state index contributed by atoms with van der Waals surface area (Å²) in [5, 5.41) is 5.68. The lowest BCUT2D eigenvalue weighted by molar-refractivity contribution is -0.131. The lowest BCUT2D eigenvalue weighted by Crippen LogP contribution is -2.48. The van der Waals surface area contributed by atoms with Gasteiger partial charge in [0.05, 0.1) is 0 Å². The van der Waals surface area contributed by atoms with Crippen molar-refractivity contribution >= 4 is 44.9 Å². The number of nitrogens with zero attached hydrogens (tertiary/aromatic N) is 2. The molecule has 32 heavy (non-hydrogen) atoms.